The van der Waals surface area contributed by atoms with Gasteiger partial charge >= 0.3 is 0 Å². The van der Waals surface area contributed by atoms with Crippen LogP contribution in [-0.4, -0.2) is 16.8 Å². The Morgan fingerprint density at radius 1 is 0.968 bits per heavy atom. The molecular weight excluding hydrogens is 424 g/mol. The summed E-state index contributed by atoms with van der Waals surface area (Å²) in [5.41, 5.74) is 1.41. The van der Waals surface area contributed by atoms with Crippen molar-refractivity contribution < 1.29 is 23.5 Å². The molecule has 0 saturated carbocycles. The molecule has 0 aromatic heterocycles. The molecule has 0 spiro atoms. The molecule has 1 fully saturated rings. The average Bonchev–Trinajstić information content (AvgIpc) is 3.00. The lowest BCUT2D eigenvalue weighted by Gasteiger charge is -2.26. The van der Waals surface area contributed by atoms with Gasteiger partial charge in [0.1, 0.15) is 5.76 Å². The van der Waals surface area contributed by atoms with E-state index in [0.29, 0.717) is 10.6 Å². The Kier molecular flexibility index (Phi) is 5.33. The minimum absolute atomic E-state index is 0.000558. The number of aliphatic hydroxyl groups is 1. The number of rotatable bonds is 3. The first-order valence-electron chi connectivity index (χ1n) is 9.37. The highest BCUT2D eigenvalue weighted by Crippen LogP contribution is 2.43. The number of benzene rings is 3. The highest BCUT2D eigenvalue weighted by atomic mass is 35.5. The van der Waals surface area contributed by atoms with Gasteiger partial charge in [-0.05, 0) is 42.3 Å². The van der Waals surface area contributed by atoms with E-state index in [4.69, 9.17) is 11.6 Å². The van der Waals surface area contributed by atoms with Crippen LogP contribution in [0.4, 0.5) is 14.5 Å². The Balaban J connectivity index is 1.99. The van der Waals surface area contributed by atoms with Crippen LogP contribution in [0.25, 0.3) is 5.76 Å². The van der Waals surface area contributed by atoms with Crippen molar-refractivity contribution in [2.45, 2.75) is 13.0 Å². The standard InChI is InChI=1S/C24H16ClF2NO3/c1-13-5-2-3-8-17(13)21-20(22(29)14-6-4-7-15(25)11-14)23(30)24(31)28(21)16-9-10-18(26)19(27)12-16/h2-12,21,29H,1H3/b22-20+. The van der Waals surface area contributed by atoms with Crippen molar-refractivity contribution in [1.82, 2.24) is 0 Å². The number of hydrogen-bond donors (Lipinski definition) is 1. The highest BCUT2D eigenvalue weighted by Gasteiger charge is 2.47. The van der Waals surface area contributed by atoms with E-state index in [0.717, 1.165) is 22.6 Å². The quantitative estimate of drug-likeness (QED) is 0.330. The minimum atomic E-state index is -1.15. The van der Waals surface area contributed by atoms with Gasteiger partial charge in [-0.3, -0.25) is 14.5 Å². The second-order valence-corrected chi connectivity index (χ2v) is 7.57. The van der Waals surface area contributed by atoms with Crippen LogP contribution >= 0.6 is 11.6 Å². The van der Waals surface area contributed by atoms with E-state index in [-0.39, 0.29) is 16.8 Å². The first-order chi connectivity index (χ1) is 14.8. The van der Waals surface area contributed by atoms with Crippen molar-refractivity contribution in [3.05, 3.63) is 106 Å². The number of nitrogens with zero attached hydrogens (tertiary/aromatic N) is 1. The Hall–Kier alpha value is -3.51. The van der Waals surface area contributed by atoms with Crippen molar-refractivity contribution in [2.75, 3.05) is 4.90 Å². The van der Waals surface area contributed by atoms with E-state index in [1.165, 1.54) is 12.1 Å². The van der Waals surface area contributed by atoms with Gasteiger partial charge in [0.25, 0.3) is 11.7 Å². The zero-order valence-electron chi connectivity index (χ0n) is 16.3. The number of aliphatic hydroxyl groups excluding tert-OH is 1. The predicted octanol–water partition coefficient (Wildman–Crippen LogP) is 5.55. The van der Waals surface area contributed by atoms with Crippen molar-refractivity contribution in [3.63, 3.8) is 0 Å². The fraction of sp³-hybridized carbons (Fsp3) is 0.0833. The second-order valence-electron chi connectivity index (χ2n) is 7.13. The SMILES string of the molecule is Cc1ccccc1C1/C(=C(\O)c2cccc(Cl)c2)C(=O)C(=O)N1c1ccc(F)c(F)c1. The minimum Gasteiger partial charge on any atom is -0.507 e. The van der Waals surface area contributed by atoms with Crippen molar-refractivity contribution in [3.8, 4) is 0 Å². The molecule has 0 bridgehead atoms. The summed E-state index contributed by atoms with van der Waals surface area (Å²) in [6.45, 7) is 1.79. The highest BCUT2D eigenvalue weighted by molar-refractivity contribution is 6.51. The van der Waals surface area contributed by atoms with Crippen LogP contribution < -0.4 is 4.90 Å². The fourth-order valence-electron chi connectivity index (χ4n) is 3.71. The van der Waals surface area contributed by atoms with Gasteiger partial charge < -0.3 is 5.11 Å². The topological polar surface area (TPSA) is 57.6 Å². The maximum Gasteiger partial charge on any atom is 0.300 e. The molecule has 31 heavy (non-hydrogen) atoms. The number of aryl methyl sites for hydroxylation is 1. The molecule has 3 aromatic carbocycles. The van der Waals surface area contributed by atoms with E-state index in [1.807, 2.05) is 0 Å². The molecule has 4 rings (SSSR count). The Labute approximate surface area is 182 Å². The lowest BCUT2D eigenvalue weighted by Crippen LogP contribution is -2.30. The number of hydrogen-bond acceptors (Lipinski definition) is 3. The van der Waals surface area contributed by atoms with Crippen LogP contribution in [0.2, 0.25) is 5.02 Å². The van der Waals surface area contributed by atoms with Gasteiger partial charge in [-0.2, -0.15) is 0 Å². The molecule has 1 heterocycles. The van der Waals surface area contributed by atoms with E-state index in [9.17, 15) is 23.5 Å². The number of amides is 1. The zero-order chi connectivity index (χ0) is 22.3. The molecule has 1 N–H and O–H groups in total. The van der Waals surface area contributed by atoms with Crippen LogP contribution in [-0.2, 0) is 9.59 Å². The third kappa shape index (κ3) is 3.59. The lowest BCUT2D eigenvalue weighted by atomic mass is 9.92. The first-order valence-corrected chi connectivity index (χ1v) is 9.75. The normalized spacial score (nSPS) is 17.9. The van der Waals surface area contributed by atoms with Gasteiger partial charge in [-0.1, -0.05) is 48.0 Å². The monoisotopic (exact) mass is 439 g/mol. The van der Waals surface area contributed by atoms with Gasteiger partial charge in [-0.25, -0.2) is 8.78 Å². The van der Waals surface area contributed by atoms with Gasteiger partial charge in [-0.15, -0.1) is 0 Å². The van der Waals surface area contributed by atoms with E-state index in [1.54, 1.807) is 49.4 Å². The smallest absolute Gasteiger partial charge is 0.300 e. The second kappa shape index (κ2) is 7.96. The maximum absolute atomic E-state index is 14.0. The third-order valence-corrected chi connectivity index (χ3v) is 5.44. The van der Waals surface area contributed by atoms with Gasteiger partial charge in [0.05, 0.1) is 11.6 Å². The number of halogens is 3. The molecule has 1 aliphatic heterocycles. The van der Waals surface area contributed by atoms with E-state index < -0.39 is 35.1 Å². The molecule has 3 aromatic rings. The molecule has 1 amide bonds. The summed E-state index contributed by atoms with van der Waals surface area (Å²) in [5, 5.41) is 11.3. The first kappa shape index (κ1) is 20.8. The van der Waals surface area contributed by atoms with Crippen LogP contribution in [0.5, 0.6) is 0 Å². The molecule has 7 heteroatoms. The van der Waals surface area contributed by atoms with Gasteiger partial charge in [0.15, 0.2) is 11.6 Å². The number of Topliss-reactive ketones (excluding diaryl/α,β-unsaturated/α-hetero) is 1. The Morgan fingerprint density at radius 2 is 1.71 bits per heavy atom. The fourth-order valence-corrected chi connectivity index (χ4v) is 3.90. The summed E-state index contributed by atoms with van der Waals surface area (Å²) >= 11 is 6.02. The lowest BCUT2D eigenvalue weighted by molar-refractivity contribution is -0.132. The molecule has 0 aliphatic carbocycles. The van der Waals surface area contributed by atoms with Crippen molar-refractivity contribution >= 4 is 34.7 Å². The largest absolute Gasteiger partial charge is 0.507 e. The number of ketones is 1. The number of anilines is 1. The Morgan fingerprint density at radius 3 is 2.39 bits per heavy atom. The molecule has 1 atom stereocenters. The van der Waals surface area contributed by atoms with E-state index >= 15 is 0 Å². The molecule has 1 aliphatic rings. The number of carbonyl (C=O) groups excluding carboxylic acids is 2. The summed E-state index contributed by atoms with van der Waals surface area (Å²) in [5.74, 6) is -4.53. The summed E-state index contributed by atoms with van der Waals surface area (Å²) in [6.07, 6.45) is 0. The molecule has 1 unspecified atom stereocenters. The zero-order valence-corrected chi connectivity index (χ0v) is 17.0. The average molecular weight is 440 g/mol. The third-order valence-electron chi connectivity index (χ3n) is 5.21. The molecule has 1 saturated heterocycles. The van der Waals surface area contributed by atoms with Crippen LogP contribution in [0.15, 0.2) is 72.3 Å². The number of carbonyl (C=O) groups is 2. The molecular formula is C24H16ClF2NO3. The molecule has 4 nitrogen and oxygen atoms in total. The predicted molar refractivity (Wildman–Crippen MR) is 114 cm³/mol. The van der Waals surface area contributed by atoms with Crippen molar-refractivity contribution in [1.29, 1.82) is 0 Å². The van der Waals surface area contributed by atoms with E-state index in [2.05, 4.69) is 0 Å². The van der Waals surface area contributed by atoms with Crippen LogP contribution in [0, 0.1) is 18.6 Å². The summed E-state index contributed by atoms with van der Waals surface area (Å²) < 4.78 is 27.5. The summed E-state index contributed by atoms with van der Waals surface area (Å²) in [7, 11) is 0. The van der Waals surface area contributed by atoms with Crippen molar-refractivity contribution in [2.24, 2.45) is 0 Å². The Bertz CT molecular complexity index is 1260. The molecule has 156 valence electrons. The van der Waals surface area contributed by atoms with Crippen LogP contribution in [0.3, 0.4) is 0 Å². The summed E-state index contributed by atoms with van der Waals surface area (Å²) in [6, 6.07) is 15.2. The van der Waals surface area contributed by atoms with Gasteiger partial charge in [0.2, 0.25) is 0 Å². The van der Waals surface area contributed by atoms with Gasteiger partial charge in [0, 0.05) is 22.3 Å². The van der Waals surface area contributed by atoms with Crippen LogP contribution in [0.1, 0.15) is 22.7 Å². The summed E-state index contributed by atoms with van der Waals surface area (Å²) in [4.78, 5) is 27.1. The maximum atomic E-state index is 14.0. The molecule has 0 radical (unpaired) electrons.